The molecule has 0 bridgehead atoms. The minimum absolute atomic E-state index is 0.0398. The third-order valence-electron chi connectivity index (χ3n) is 7.18. The zero-order valence-corrected chi connectivity index (χ0v) is 22.1. The van der Waals surface area contributed by atoms with E-state index >= 15 is 0 Å². The average Bonchev–Trinajstić information content (AvgIpc) is 2.98. The van der Waals surface area contributed by atoms with Crippen LogP contribution in [0.25, 0.3) is 10.9 Å². The van der Waals surface area contributed by atoms with Gasteiger partial charge in [0.2, 0.25) is 0 Å². The van der Waals surface area contributed by atoms with E-state index in [0.29, 0.717) is 16.8 Å². The first-order chi connectivity index (χ1) is 19.4. The van der Waals surface area contributed by atoms with Gasteiger partial charge < -0.3 is 14.0 Å². The third kappa shape index (κ3) is 4.73. The Morgan fingerprint density at radius 3 is 2.58 bits per heavy atom. The molecule has 2 atom stereocenters. The van der Waals surface area contributed by atoms with Crippen LogP contribution in [0.5, 0.6) is 0 Å². The number of amides is 1. The topological polar surface area (TPSA) is 120 Å². The SMILES string of the molecule is C=CCn1c(=O)c(C2C(C(=O)OC)=CN(NC(=O)c3ccncc3)C3=C2C(=O)CC(OC)C3)cc2ccccc21. The number of fused-ring (bicyclic) bond motifs is 1. The quantitative estimate of drug-likeness (QED) is 0.359. The van der Waals surface area contributed by atoms with Crippen molar-refractivity contribution in [3.63, 3.8) is 0 Å². The molecule has 1 aliphatic heterocycles. The first-order valence-corrected chi connectivity index (χ1v) is 12.7. The van der Waals surface area contributed by atoms with Crippen LogP contribution in [0, 0.1) is 0 Å². The first-order valence-electron chi connectivity index (χ1n) is 12.7. The van der Waals surface area contributed by atoms with Crippen molar-refractivity contribution in [3.05, 3.63) is 112 Å². The molecule has 0 saturated carbocycles. The van der Waals surface area contributed by atoms with Crippen molar-refractivity contribution in [2.75, 3.05) is 14.2 Å². The Bertz CT molecular complexity index is 1640. The molecule has 2 aromatic heterocycles. The van der Waals surface area contributed by atoms with Gasteiger partial charge in [-0.1, -0.05) is 24.3 Å². The predicted molar refractivity (Wildman–Crippen MR) is 147 cm³/mol. The molecular weight excluding hydrogens is 512 g/mol. The van der Waals surface area contributed by atoms with Gasteiger partial charge in [-0.15, -0.1) is 6.58 Å². The number of esters is 1. The number of ketones is 1. The lowest BCUT2D eigenvalue weighted by Crippen LogP contribution is -2.46. The Labute approximate surface area is 230 Å². The molecule has 10 nitrogen and oxygen atoms in total. The summed E-state index contributed by atoms with van der Waals surface area (Å²) in [6.07, 6.45) is 5.89. The van der Waals surface area contributed by atoms with Crippen LogP contribution in [0.4, 0.5) is 0 Å². The summed E-state index contributed by atoms with van der Waals surface area (Å²) >= 11 is 0. The zero-order valence-electron chi connectivity index (χ0n) is 22.1. The fourth-order valence-electron chi connectivity index (χ4n) is 5.30. The van der Waals surface area contributed by atoms with Gasteiger partial charge in [0.15, 0.2) is 5.78 Å². The molecule has 1 aromatic carbocycles. The number of benzene rings is 1. The van der Waals surface area contributed by atoms with E-state index in [1.54, 1.807) is 28.8 Å². The predicted octanol–water partition coefficient (Wildman–Crippen LogP) is 3.02. The molecule has 3 aromatic rings. The number of hydrogen-bond donors (Lipinski definition) is 1. The maximum absolute atomic E-state index is 14.0. The van der Waals surface area contributed by atoms with Crippen molar-refractivity contribution in [3.8, 4) is 0 Å². The molecule has 3 heterocycles. The number of carbonyl (C=O) groups is 3. The second kappa shape index (κ2) is 11.1. The van der Waals surface area contributed by atoms with Crippen LogP contribution < -0.4 is 11.0 Å². The fourth-order valence-corrected chi connectivity index (χ4v) is 5.30. The molecule has 10 heteroatoms. The summed E-state index contributed by atoms with van der Waals surface area (Å²) in [4.78, 5) is 58.0. The number of Topliss-reactive ketones (excluding diaryl/α,β-unsaturated/α-hetero) is 1. The highest BCUT2D eigenvalue weighted by molar-refractivity contribution is 6.04. The number of nitrogens with zero attached hydrogens (tertiary/aromatic N) is 3. The molecule has 40 heavy (non-hydrogen) atoms. The van der Waals surface area contributed by atoms with Gasteiger partial charge in [0.1, 0.15) is 0 Å². The highest BCUT2D eigenvalue weighted by atomic mass is 16.5. The molecule has 204 valence electrons. The second-order valence-corrected chi connectivity index (χ2v) is 9.47. The van der Waals surface area contributed by atoms with Crippen molar-refractivity contribution < 1.29 is 23.9 Å². The van der Waals surface area contributed by atoms with Crippen LogP contribution in [0.15, 0.2) is 95.4 Å². The Balaban J connectivity index is 1.73. The van der Waals surface area contributed by atoms with E-state index in [-0.39, 0.29) is 47.4 Å². The van der Waals surface area contributed by atoms with Gasteiger partial charge in [-0.05, 0) is 29.7 Å². The smallest absolute Gasteiger partial charge is 0.336 e. The molecule has 2 aliphatic rings. The van der Waals surface area contributed by atoms with E-state index in [1.807, 2.05) is 24.3 Å². The largest absolute Gasteiger partial charge is 0.466 e. The molecule has 0 fully saturated rings. The molecule has 0 radical (unpaired) electrons. The van der Waals surface area contributed by atoms with Crippen molar-refractivity contribution in [1.29, 1.82) is 0 Å². The summed E-state index contributed by atoms with van der Waals surface area (Å²) in [6, 6.07) is 12.2. The number of pyridine rings is 2. The van der Waals surface area contributed by atoms with Crippen molar-refractivity contribution in [2.45, 2.75) is 31.4 Å². The number of nitrogens with one attached hydrogen (secondary N) is 1. The van der Waals surface area contributed by atoms with Gasteiger partial charge in [-0.3, -0.25) is 29.8 Å². The Morgan fingerprint density at radius 2 is 1.88 bits per heavy atom. The standard InChI is InChI=1S/C30H28N4O6/c1-4-13-33-23-8-6-5-7-19(23)14-21(29(33)37)26-22(30(38)40-3)17-34(32-28(36)18-9-11-31-12-10-18)24-15-20(39-2)16-25(35)27(24)26/h4-12,14,17,20,26H,1,13,15-16H2,2-3H3,(H,32,36). The van der Waals surface area contributed by atoms with Crippen LogP contribution in [0.2, 0.25) is 0 Å². The van der Waals surface area contributed by atoms with Crippen LogP contribution in [-0.4, -0.2) is 52.5 Å². The van der Waals surface area contributed by atoms with Gasteiger partial charge in [0.05, 0.1) is 35.9 Å². The Morgan fingerprint density at radius 1 is 1.12 bits per heavy atom. The summed E-state index contributed by atoms with van der Waals surface area (Å²) in [6.45, 7) is 4.02. The summed E-state index contributed by atoms with van der Waals surface area (Å²) in [7, 11) is 2.74. The van der Waals surface area contributed by atoms with E-state index in [1.165, 1.54) is 37.8 Å². The van der Waals surface area contributed by atoms with Gasteiger partial charge in [0, 0.05) is 61.8 Å². The lowest BCUT2D eigenvalue weighted by molar-refractivity contribution is -0.136. The van der Waals surface area contributed by atoms with Gasteiger partial charge >= 0.3 is 5.97 Å². The molecule has 2 unspecified atom stereocenters. The summed E-state index contributed by atoms with van der Waals surface area (Å²) in [5.41, 5.74) is 4.41. The monoisotopic (exact) mass is 540 g/mol. The van der Waals surface area contributed by atoms with E-state index < -0.39 is 23.9 Å². The summed E-state index contributed by atoms with van der Waals surface area (Å²) in [5, 5.41) is 2.13. The van der Waals surface area contributed by atoms with Crippen molar-refractivity contribution >= 4 is 28.6 Å². The number of ether oxygens (including phenoxy) is 2. The number of para-hydroxylation sites is 1. The maximum atomic E-state index is 14.0. The van der Waals surface area contributed by atoms with Crippen LogP contribution in [0.1, 0.15) is 34.7 Å². The van der Waals surface area contributed by atoms with Crippen LogP contribution in [-0.2, 0) is 25.6 Å². The Hall–Kier alpha value is -4.83. The average molecular weight is 541 g/mol. The number of allylic oxidation sites excluding steroid dienone is 2. The minimum Gasteiger partial charge on any atom is -0.466 e. The second-order valence-electron chi connectivity index (χ2n) is 9.47. The number of hydrogen-bond acceptors (Lipinski definition) is 8. The number of hydrazine groups is 1. The number of carbonyl (C=O) groups excluding carboxylic acids is 3. The highest BCUT2D eigenvalue weighted by Crippen LogP contribution is 2.43. The van der Waals surface area contributed by atoms with Crippen molar-refractivity contribution in [2.24, 2.45) is 0 Å². The third-order valence-corrected chi connectivity index (χ3v) is 7.18. The molecule has 1 aliphatic carbocycles. The molecular formula is C30H28N4O6. The zero-order chi connectivity index (χ0) is 28.4. The van der Waals surface area contributed by atoms with E-state index in [2.05, 4.69) is 17.0 Å². The van der Waals surface area contributed by atoms with Crippen molar-refractivity contribution in [1.82, 2.24) is 20.0 Å². The molecule has 5 rings (SSSR count). The van der Waals surface area contributed by atoms with E-state index in [0.717, 1.165) is 5.39 Å². The Kier molecular flexibility index (Phi) is 7.43. The summed E-state index contributed by atoms with van der Waals surface area (Å²) < 4.78 is 12.2. The lowest BCUT2D eigenvalue weighted by atomic mass is 9.75. The lowest BCUT2D eigenvalue weighted by Gasteiger charge is -2.39. The van der Waals surface area contributed by atoms with Gasteiger partial charge in [-0.2, -0.15) is 0 Å². The molecule has 0 saturated heterocycles. The van der Waals surface area contributed by atoms with Crippen LogP contribution in [0.3, 0.4) is 0 Å². The van der Waals surface area contributed by atoms with E-state index in [4.69, 9.17) is 9.47 Å². The number of aromatic nitrogens is 2. The first kappa shape index (κ1) is 26.8. The van der Waals surface area contributed by atoms with E-state index in [9.17, 15) is 19.2 Å². The molecule has 1 N–H and O–H groups in total. The minimum atomic E-state index is -1.02. The summed E-state index contributed by atoms with van der Waals surface area (Å²) in [5.74, 6) is -2.52. The highest BCUT2D eigenvalue weighted by Gasteiger charge is 2.43. The molecule has 0 spiro atoms. The normalized spacial score (nSPS) is 18.7. The number of methoxy groups -OCH3 is 2. The van der Waals surface area contributed by atoms with Gasteiger partial charge in [0.25, 0.3) is 11.5 Å². The molecule has 1 amide bonds. The fraction of sp³-hybridized carbons (Fsp3) is 0.233. The van der Waals surface area contributed by atoms with Gasteiger partial charge in [-0.25, -0.2) is 4.79 Å². The maximum Gasteiger partial charge on any atom is 0.336 e. The number of rotatable bonds is 7. The van der Waals surface area contributed by atoms with Crippen LogP contribution >= 0.6 is 0 Å².